The maximum absolute atomic E-state index is 9.35. The molecule has 2 heterocycles. The molecule has 4 aromatic rings. The van der Waals surface area contributed by atoms with E-state index in [2.05, 4.69) is 0 Å². The summed E-state index contributed by atoms with van der Waals surface area (Å²) in [5.41, 5.74) is 2.39. The minimum absolute atomic E-state index is 0.0799. The fourth-order valence-electron chi connectivity index (χ4n) is 2.64. The predicted octanol–water partition coefficient (Wildman–Crippen LogP) is 4.60. The average Bonchev–Trinajstić information content (AvgIpc) is 3.15. The Morgan fingerprint density at radius 2 is 1.32 bits per heavy atom. The molecule has 3 heteroatoms. The van der Waals surface area contributed by atoms with Crippen LogP contribution in [0.4, 0.5) is 0 Å². The maximum Gasteiger partial charge on any atom is 0.138 e. The molecule has 0 atom stereocenters. The number of aliphatic hydroxyl groups is 1. The lowest BCUT2D eigenvalue weighted by Crippen LogP contribution is -1.85. The highest BCUT2D eigenvalue weighted by Gasteiger charge is 2.15. The molecule has 0 aliphatic heterocycles. The number of hydrogen-bond donors (Lipinski definition) is 1. The molecular formula is C19H14O3. The molecule has 2 aromatic carbocycles. The Hall–Kier alpha value is -2.78. The molecule has 0 unspecified atom stereocenters. The SMILES string of the molecule is OCC=C(c1cc2ccccc2o1)c1cc2ccccc2o1. The largest absolute Gasteiger partial charge is 0.456 e. The normalized spacial score (nSPS) is 11.1. The second-order valence-electron chi connectivity index (χ2n) is 5.10. The van der Waals surface area contributed by atoms with Gasteiger partial charge in [0, 0.05) is 10.8 Å². The monoisotopic (exact) mass is 290 g/mol. The van der Waals surface area contributed by atoms with Gasteiger partial charge in [-0.25, -0.2) is 0 Å². The zero-order valence-corrected chi connectivity index (χ0v) is 11.8. The third-order valence-corrected chi connectivity index (χ3v) is 3.68. The summed E-state index contributed by atoms with van der Waals surface area (Å²) in [6.45, 7) is -0.0799. The summed E-state index contributed by atoms with van der Waals surface area (Å²) in [4.78, 5) is 0. The summed E-state index contributed by atoms with van der Waals surface area (Å²) < 4.78 is 11.8. The lowest BCUT2D eigenvalue weighted by atomic mass is 10.1. The Morgan fingerprint density at radius 3 is 1.77 bits per heavy atom. The van der Waals surface area contributed by atoms with E-state index in [0.29, 0.717) is 11.5 Å². The van der Waals surface area contributed by atoms with E-state index < -0.39 is 0 Å². The first kappa shape index (κ1) is 12.9. The lowest BCUT2D eigenvalue weighted by molar-refractivity contribution is 0.342. The molecule has 4 rings (SSSR count). The summed E-state index contributed by atoms with van der Waals surface area (Å²) in [7, 11) is 0. The van der Waals surface area contributed by atoms with Crippen molar-refractivity contribution in [2.75, 3.05) is 6.61 Å². The third kappa shape index (κ3) is 2.12. The Bertz CT molecular complexity index is 830. The summed E-state index contributed by atoms with van der Waals surface area (Å²) in [6, 6.07) is 19.6. The zero-order valence-electron chi connectivity index (χ0n) is 11.8. The van der Waals surface area contributed by atoms with Gasteiger partial charge in [0.1, 0.15) is 22.7 Å². The zero-order chi connectivity index (χ0) is 14.9. The first-order chi connectivity index (χ1) is 10.8. The van der Waals surface area contributed by atoms with E-state index in [1.807, 2.05) is 60.7 Å². The van der Waals surface area contributed by atoms with E-state index in [0.717, 1.165) is 27.5 Å². The Labute approximate surface area is 127 Å². The number of aliphatic hydroxyl groups excluding tert-OH is 1. The quantitative estimate of drug-likeness (QED) is 0.599. The van der Waals surface area contributed by atoms with Crippen molar-refractivity contribution < 1.29 is 13.9 Å². The first-order valence-corrected chi connectivity index (χ1v) is 7.14. The van der Waals surface area contributed by atoms with Gasteiger partial charge in [-0.15, -0.1) is 0 Å². The highest BCUT2D eigenvalue weighted by molar-refractivity contribution is 5.88. The van der Waals surface area contributed by atoms with Crippen molar-refractivity contribution in [2.24, 2.45) is 0 Å². The average molecular weight is 290 g/mol. The Kier molecular flexibility index (Phi) is 3.06. The molecule has 2 aromatic heterocycles. The predicted molar refractivity (Wildman–Crippen MR) is 86.6 cm³/mol. The molecule has 0 saturated carbocycles. The number of para-hydroxylation sites is 2. The van der Waals surface area contributed by atoms with Crippen molar-refractivity contribution in [3.8, 4) is 0 Å². The van der Waals surface area contributed by atoms with Crippen molar-refractivity contribution in [1.29, 1.82) is 0 Å². The number of rotatable bonds is 3. The van der Waals surface area contributed by atoms with Crippen LogP contribution in [0.15, 0.2) is 75.6 Å². The molecule has 0 aliphatic rings. The van der Waals surface area contributed by atoms with Gasteiger partial charge < -0.3 is 13.9 Å². The van der Waals surface area contributed by atoms with Crippen LogP contribution in [0.1, 0.15) is 11.5 Å². The maximum atomic E-state index is 9.35. The van der Waals surface area contributed by atoms with E-state index in [1.165, 1.54) is 0 Å². The number of furan rings is 2. The minimum atomic E-state index is -0.0799. The fourth-order valence-corrected chi connectivity index (χ4v) is 2.64. The highest BCUT2D eigenvalue weighted by atomic mass is 16.4. The van der Waals surface area contributed by atoms with Crippen LogP contribution >= 0.6 is 0 Å². The van der Waals surface area contributed by atoms with Gasteiger partial charge in [-0.3, -0.25) is 0 Å². The Balaban J connectivity index is 1.88. The third-order valence-electron chi connectivity index (χ3n) is 3.68. The van der Waals surface area contributed by atoms with Crippen LogP contribution in [0.2, 0.25) is 0 Å². The molecule has 0 radical (unpaired) electrons. The lowest BCUT2D eigenvalue weighted by Gasteiger charge is -1.99. The van der Waals surface area contributed by atoms with Crippen molar-refractivity contribution in [3.63, 3.8) is 0 Å². The molecule has 0 bridgehead atoms. The van der Waals surface area contributed by atoms with E-state index >= 15 is 0 Å². The summed E-state index contributed by atoms with van der Waals surface area (Å²) >= 11 is 0. The summed E-state index contributed by atoms with van der Waals surface area (Å²) in [6.07, 6.45) is 1.70. The van der Waals surface area contributed by atoms with Gasteiger partial charge in [0.25, 0.3) is 0 Å². The molecule has 0 spiro atoms. The minimum Gasteiger partial charge on any atom is -0.456 e. The van der Waals surface area contributed by atoms with Crippen LogP contribution in [-0.4, -0.2) is 11.7 Å². The van der Waals surface area contributed by atoms with Gasteiger partial charge in [-0.1, -0.05) is 36.4 Å². The van der Waals surface area contributed by atoms with Gasteiger partial charge in [0.05, 0.1) is 12.2 Å². The van der Waals surface area contributed by atoms with Gasteiger partial charge in [0.2, 0.25) is 0 Å². The highest BCUT2D eigenvalue weighted by Crippen LogP contribution is 2.32. The molecular weight excluding hydrogens is 276 g/mol. The number of benzene rings is 2. The van der Waals surface area contributed by atoms with Crippen molar-refractivity contribution in [1.82, 2.24) is 0 Å². The second-order valence-corrected chi connectivity index (χ2v) is 5.10. The van der Waals surface area contributed by atoms with Gasteiger partial charge >= 0.3 is 0 Å². The van der Waals surface area contributed by atoms with E-state index in [-0.39, 0.29) is 6.61 Å². The van der Waals surface area contributed by atoms with Crippen LogP contribution in [0.25, 0.3) is 27.5 Å². The molecule has 1 N–H and O–H groups in total. The van der Waals surface area contributed by atoms with E-state index in [1.54, 1.807) is 6.08 Å². The molecule has 3 nitrogen and oxygen atoms in total. The van der Waals surface area contributed by atoms with Crippen LogP contribution in [0.3, 0.4) is 0 Å². The standard InChI is InChI=1S/C19H14O3/c20-10-9-15(18-11-13-5-1-3-7-16(13)21-18)19-12-14-6-2-4-8-17(14)22-19/h1-9,11-12,20H,10H2. The fraction of sp³-hybridized carbons (Fsp3) is 0.0526. The van der Waals surface area contributed by atoms with E-state index in [4.69, 9.17) is 8.83 Å². The molecule has 0 amide bonds. The van der Waals surface area contributed by atoms with Crippen LogP contribution in [0.5, 0.6) is 0 Å². The molecule has 0 fully saturated rings. The first-order valence-electron chi connectivity index (χ1n) is 7.14. The van der Waals surface area contributed by atoms with E-state index in [9.17, 15) is 5.11 Å². The Morgan fingerprint density at radius 1 is 0.818 bits per heavy atom. The van der Waals surface area contributed by atoms with Gasteiger partial charge in [-0.2, -0.15) is 0 Å². The smallest absolute Gasteiger partial charge is 0.138 e. The number of hydrogen-bond acceptors (Lipinski definition) is 3. The van der Waals surface area contributed by atoms with Crippen LogP contribution in [-0.2, 0) is 0 Å². The topological polar surface area (TPSA) is 46.5 Å². The van der Waals surface area contributed by atoms with Gasteiger partial charge in [0.15, 0.2) is 0 Å². The van der Waals surface area contributed by atoms with Crippen LogP contribution < -0.4 is 0 Å². The van der Waals surface area contributed by atoms with Crippen LogP contribution in [0, 0.1) is 0 Å². The molecule has 22 heavy (non-hydrogen) atoms. The summed E-state index contributed by atoms with van der Waals surface area (Å²) in [5, 5.41) is 11.4. The molecule has 0 saturated heterocycles. The van der Waals surface area contributed by atoms with Crippen molar-refractivity contribution in [3.05, 3.63) is 78.3 Å². The molecule has 0 aliphatic carbocycles. The molecule has 108 valence electrons. The summed E-state index contributed by atoms with van der Waals surface area (Å²) in [5.74, 6) is 1.38. The van der Waals surface area contributed by atoms with Gasteiger partial charge in [-0.05, 0) is 30.3 Å². The van der Waals surface area contributed by atoms with Crippen molar-refractivity contribution >= 4 is 27.5 Å². The second kappa shape index (κ2) is 5.20. The van der Waals surface area contributed by atoms with Crippen molar-refractivity contribution in [2.45, 2.75) is 0 Å². The number of fused-ring (bicyclic) bond motifs is 2.